The maximum atomic E-state index is 11.8. The van der Waals surface area contributed by atoms with Crippen LogP contribution in [0.4, 0.5) is 0 Å². The smallest absolute Gasteiger partial charge is 0.244 e. The molecule has 3 nitrogen and oxygen atoms in total. The van der Waals surface area contributed by atoms with Gasteiger partial charge in [-0.25, -0.2) is 0 Å². The quantitative estimate of drug-likeness (QED) is 0.674. The summed E-state index contributed by atoms with van der Waals surface area (Å²) in [5, 5.41) is 2.83. The molecule has 0 radical (unpaired) electrons. The van der Waals surface area contributed by atoms with E-state index in [9.17, 15) is 9.59 Å². The van der Waals surface area contributed by atoms with Gasteiger partial charge < -0.3 is 5.32 Å². The Balaban J connectivity index is 1.93. The molecule has 0 heterocycles. The Morgan fingerprint density at radius 1 is 0.905 bits per heavy atom. The van der Waals surface area contributed by atoms with E-state index >= 15 is 0 Å². The van der Waals surface area contributed by atoms with Crippen molar-refractivity contribution in [1.29, 1.82) is 0 Å². The van der Waals surface area contributed by atoms with Crippen molar-refractivity contribution in [2.75, 3.05) is 0 Å². The van der Waals surface area contributed by atoms with Crippen LogP contribution in [0, 0.1) is 0 Å². The van der Waals surface area contributed by atoms with Crippen molar-refractivity contribution in [2.45, 2.75) is 13.0 Å². The van der Waals surface area contributed by atoms with Crippen molar-refractivity contribution < 1.29 is 9.59 Å². The molecule has 2 aromatic carbocycles. The molecule has 1 unspecified atom stereocenters. The summed E-state index contributed by atoms with van der Waals surface area (Å²) in [5.41, 5.74) is 1.59. The molecule has 1 amide bonds. The third kappa shape index (κ3) is 4.42. The molecule has 106 valence electrons. The molecule has 0 aromatic heterocycles. The molecule has 0 aliphatic rings. The number of amides is 1. The maximum Gasteiger partial charge on any atom is 0.244 e. The second-order valence-electron chi connectivity index (χ2n) is 4.70. The fourth-order valence-corrected chi connectivity index (χ4v) is 1.94. The van der Waals surface area contributed by atoms with Gasteiger partial charge in [-0.15, -0.1) is 0 Å². The molecule has 0 saturated carbocycles. The Morgan fingerprint density at radius 3 is 2.10 bits per heavy atom. The summed E-state index contributed by atoms with van der Waals surface area (Å²) in [4.78, 5) is 23.7. The lowest BCUT2D eigenvalue weighted by atomic mass is 10.1. The van der Waals surface area contributed by atoms with Crippen LogP contribution in [0.3, 0.4) is 0 Å². The van der Waals surface area contributed by atoms with E-state index in [2.05, 4.69) is 5.32 Å². The van der Waals surface area contributed by atoms with E-state index in [1.807, 2.05) is 43.3 Å². The Morgan fingerprint density at radius 2 is 1.48 bits per heavy atom. The van der Waals surface area contributed by atoms with Crippen molar-refractivity contribution >= 4 is 11.7 Å². The Bertz CT molecular complexity index is 633. The van der Waals surface area contributed by atoms with Crippen LogP contribution in [0.1, 0.15) is 28.9 Å². The van der Waals surface area contributed by atoms with Crippen LogP contribution in [0.5, 0.6) is 0 Å². The Labute approximate surface area is 124 Å². The van der Waals surface area contributed by atoms with Gasteiger partial charge in [-0.3, -0.25) is 9.59 Å². The first-order chi connectivity index (χ1) is 10.2. The number of ketones is 1. The van der Waals surface area contributed by atoms with Crippen molar-refractivity contribution in [1.82, 2.24) is 5.32 Å². The van der Waals surface area contributed by atoms with Crippen LogP contribution in [0.2, 0.25) is 0 Å². The predicted molar refractivity (Wildman–Crippen MR) is 82.9 cm³/mol. The minimum Gasteiger partial charge on any atom is -0.346 e. The number of carbonyl (C=O) groups is 2. The van der Waals surface area contributed by atoms with E-state index in [-0.39, 0.29) is 17.7 Å². The molecular formula is C18H17NO2. The van der Waals surface area contributed by atoms with Gasteiger partial charge in [-0.05, 0) is 18.6 Å². The minimum atomic E-state index is -0.282. The molecule has 2 aromatic rings. The van der Waals surface area contributed by atoms with Gasteiger partial charge in [0, 0.05) is 11.6 Å². The van der Waals surface area contributed by atoms with Crippen molar-refractivity contribution in [3.05, 3.63) is 83.9 Å². The molecule has 1 atom stereocenters. The van der Waals surface area contributed by atoms with E-state index in [4.69, 9.17) is 0 Å². The van der Waals surface area contributed by atoms with E-state index in [1.165, 1.54) is 12.2 Å². The lowest BCUT2D eigenvalue weighted by molar-refractivity contribution is -0.117. The van der Waals surface area contributed by atoms with Crippen LogP contribution in [0.25, 0.3) is 0 Å². The summed E-state index contributed by atoms with van der Waals surface area (Å²) in [7, 11) is 0. The monoisotopic (exact) mass is 279 g/mol. The van der Waals surface area contributed by atoms with Gasteiger partial charge in [0.05, 0.1) is 6.04 Å². The second-order valence-corrected chi connectivity index (χ2v) is 4.70. The Kier molecular flexibility index (Phi) is 5.04. The first kappa shape index (κ1) is 14.7. The standard InChI is InChI=1S/C18H17NO2/c1-14(15-8-4-2-5-9-15)19-18(21)13-12-17(20)16-10-6-3-7-11-16/h2-14H,1H3,(H,19,21)/b13-12+. The number of benzene rings is 2. The molecule has 0 saturated heterocycles. The highest BCUT2D eigenvalue weighted by Gasteiger charge is 2.07. The van der Waals surface area contributed by atoms with Gasteiger partial charge in [0.25, 0.3) is 0 Å². The van der Waals surface area contributed by atoms with E-state index in [0.29, 0.717) is 5.56 Å². The average Bonchev–Trinajstić information content (AvgIpc) is 2.54. The van der Waals surface area contributed by atoms with Crippen molar-refractivity contribution in [3.8, 4) is 0 Å². The average molecular weight is 279 g/mol. The molecule has 0 bridgehead atoms. The lowest BCUT2D eigenvalue weighted by Gasteiger charge is -2.12. The molecule has 0 aliphatic carbocycles. The normalized spacial score (nSPS) is 12.0. The van der Waals surface area contributed by atoms with Gasteiger partial charge in [0.15, 0.2) is 5.78 Å². The maximum absolute atomic E-state index is 11.8. The molecule has 21 heavy (non-hydrogen) atoms. The fraction of sp³-hybridized carbons (Fsp3) is 0.111. The molecule has 2 rings (SSSR count). The van der Waals surface area contributed by atoms with Gasteiger partial charge in [-0.2, -0.15) is 0 Å². The molecular weight excluding hydrogens is 262 g/mol. The number of hydrogen-bond donors (Lipinski definition) is 1. The topological polar surface area (TPSA) is 46.2 Å². The van der Waals surface area contributed by atoms with Crippen LogP contribution in [-0.4, -0.2) is 11.7 Å². The summed E-state index contributed by atoms with van der Waals surface area (Å²) < 4.78 is 0. The van der Waals surface area contributed by atoms with Gasteiger partial charge in [-0.1, -0.05) is 60.7 Å². The van der Waals surface area contributed by atoms with Crippen LogP contribution in [-0.2, 0) is 4.79 Å². The summed E-state index contributed by atoms with van der Waals surface area (Å²) in [6, 6.07) is 18.4. The highest BCUT2D eigenvalue weighted by Crippen LogP contribution is 2.10. The van der Waals surface area contributed by atoms with Crippen LogP contribution in [0.15, 0.2) is 72.8 Å². The third-order valence-electron chi connectivity index (χ3n) is 3.10. The number of hydrogen-bond acceptors (Lipinski definition) is 2. The SMILES string of the molecule is CC(NC(=O)/C=C/C(=O)c1ccccc1)c1ccccc1. The summed E-state index contributed by atoms with van der Waals surface area (Å²) >= 11 is 0. The zero-order valence-corrected chi connectivity index (χ0v) is 11.8. The largest absolute Gasteiger partial charge is 0.346 e. The Hall–Kier alpha value is -2.68. The number of carbonyl (C=O) groups excluding carboxylic acids is 2. The first-order valence-corrected chi connectivity index (χ1v) is 6.79. The fourth-order valence-electron chi connectivity index (χ4n) is 1.94. The molecule has 1 N–H and O–H groups in total. The molecule has 0 aliphatic heterocycles. The molecule has 0 spiro atoms. The van der Waals surface area contributed by atoms with Crippen molar-refractivity contribution in [2.24, 2.45) is 0 Å². The third-order valence-corrected chi connectivity index (χ3v) is 3.10. The van der Waals surface area contributed by atoms with E-state index < -0.39 is 0 Å². The molecule has 0 fully saturated rings. The van der Waals surface area contributed by atoms with Gasteiger partial charge >= 0.3 is 0 Å². The zero-order valence-electron chi connectivity index (χ0n) is 11.8. The first-order valence-electron chi connectivity index (χ1n) is 6.79. The van der Waals surface area contributed by atoms with E-state index in [0.717, 1.165) is 5.56 Å². The number of nitrogens with one attached hydrogen (secondary N) is 1. The highest BCUT2D eigenvalue weighted by molar-refractivity contribution is 6.07. The minimum absolute atomic E-state index is 0.102. The summed E-state index contributed by atoms with van der Waals surface area (Å²) in [5.74, 6) is -0.464. The van der Waals surface area contributed by atoms with Gasteiger partial charge in [0.1, 0.15) is 0 Å². The second kappa shape index (κ2) is 7.20. The van der Waals surface area contributed by atoms with Crippen molar-refractivity contribution in [3.63, 3.8) is 0 Å². The number of rotatable bonds is 5. The van der Waals surface area contributed by atoms with Gasteiger partial charge in [0.2, 0.25) is 5.91 Å². The zero-order chi connectivity index (χ0) is 15.1. The number of allylic oxidation sites excluding steroid dienone is 1. The van der Waals surface area contributed by atoms with E-state index in [1.54, 1.807) is 24.3 Å². The lowest BCUT2D eigenvalue weighted by Crippen LogP contribution is -2.24. The summed E-state index contributed by atoms with van der Waals surface area (Å²) in [6.45, 7) is 1.90. The predicted octanol–water partition coefficient (Wildman–Crippen LogP) is 3.30. The summed E-state index contributed by atoms with van der Waals surface area (Å²) in [6.07, 6.45) is 2.57. The molecule has 3 heteroatoms. The van der Waals surface area contributed by atoms with Crippen LogP contribution < -0.4 is 5.32 Å². The van der Waals surface area contributed by atoms with Crippen LogP contribution >= 0.6 is 0 Å². The highest BCUT2D eigenvalue weighted by atomic mass is 16.1.